The van der Waals surface area contributed by atoms with E-state index in [0.717, 1.165) is 0 Å². The van der Waals surface area contributed by atoms with Crippen LogP contribution in [0.3, 0.4) is 0 Å². The van der Waals surface area contributed by atoms with Crippen molar-refractivity contribution in [1.82, 2.24) is 9.80 Å². The maximum Gasteiger partial charge on any atom is 0.0231 e. The lowest BCUT2D eigenvalue weighted by Gasteiger charge is -2.33. The van der Waals surface area contributed by atoms with Gasteiger partial charge < -0.3 is 0 Å². The first kappa shape index (κ1) is 20.4. The Kier molecular flexibility index (Phi) is 10.3. The number of nitrogens with zero attached hydrogens (tertiary/aromatic N) is 2. The summed E-state index contributed by atoms with van der Waals surface area (Å²) >= 11 is 0. The van der Waals surface area contributed by atoms with Crippen molar-refractivity contribution in [2.75, 3.05) is 13.1 Å². The van der Waals surface area contributed by atoms with E-state index in [0.29, 0.717) is 24.2 Å². The molecule has 0 aliphatic carbocycles. The summed E-state index contributed by atoms with van der Waals surface area (Å²) in [6.45, 7) is 21.4. The zero-order chi connectivity index (χ0) is 15.9. The topological polar surface area (TPSA) is 6.48 Å². The summed E-state index contributed by atoms with van der Waals surface area (Å²) in [5.41, 5.74) is 0. The van der Waals surface area contributed by atoms with Gasteiger partial charge in [0, 0.05) is 32.5 Å². The molecule has 0 aromatic rings. The van der Waals surface area contributed by atoms with E-state index in [1.54, 1.807) is 0 Å². The van der Waals surface area contributed by atoms with E-state index >= 15 is 0 Å². The monoisotopic (exact) mass is 316 g/mol. The van der Waals surface area contributed by atoms with Crippen LogP contribution in [-0.4, -0.2) is 65.1 Å². The van der Waals surface area contributed by atoms with Crippen LogP contribution in [0.1, 0.15) is 55.4 Å². The first-order valence-electron chi connectivity index (χ1n) is 8.68. The minimum Gasteiger partial charge on any atom is -0.299 e. The van der Waals surface area contributed by atoms with Gasteiger partial charge in [-0.1, -0.05) is 0 Å². The molecule has 0 aromatic carbocycles. The molecule has 122 valence electrons. The van der Waals surface area contributed by atoms with Gasteiger partial charge >= 0.3 is 0 Å². The van der Waals surface area contributed by atoms with Crippen molar-refractivity contribution in [2.24, 2.45) is 0 Å². The molecule has 0 saturated heterocycles. The maximum absolute atomic E-state index is 2.67. The van der Waals surface area contributed by atoms with Crippen molar-refractivity contribution in [3.05, 3.63) is 0 Å². The minimum atomic E-state index is -0.424. The molecule has 0 fully saturated rings. The molecule has 0 aliphatic heterocycles. The van der Waals surface area contributed by atoms with Crippen molar-refractivity contribution < 1.29 is 0 Å². The molecule has 0 aliphatic rings. The molecular formula is C16H40N2Si2. The molecule has 0 N–H and O–H groups in total. The number of hydrogen-bond donors (Lipinski definition) is 0. The highest BCUT2D eigenvalue weighted by Gasteiger charge is 2.17. The Hall–Kier alpha value is 0.354. The third-order valence-electron chi connectivity index (χ3n) is 4.41. The van der Waals surface area contributed by atoms with Crippen molar-refractivity contribution >= 4 is 18.1 Å². The Morgan fingerprint density at radius 1 is 0.650 bits per heavy atom. The Balaban J connectivity index is 4.13. The van der Waals surface area contributed by atoms with Crippen LogP contribution >= 0.6 is 0 Å². The van der Waals surface area contributed by atoms with Gasteiger partial charge in [-0.15, -0.1) is 0 Å². The molecule has 2 nitrogen and oxygen atoms in total. The van der Waals surface area contributed by atoms with Gasteiger partial charge in [0.15, 0.2) is 0 Å². The predicted octanol–water partition coefficient (Wildman–Crippen LogP) is 2.31. The molecule has 0 unspecified atom stereocenters. The minimum absolute atomic E-state index is 0.424. The first-order chi connectivity index (χ1) is 9.16. The first-order valence-corrected chi connectivity index (χ1v) is 14.9. The van der Waals surface area contributed by atoms with Crippen LogP contribution in [0, 0.1) is 0 Å². The molecule has 20 heavy (non-hydrogen) atoms. The second-order valence-corrected chi connectivity index (χ2v) is 15.8. The second kappa shape index (κ2) is 10.1. The average Bonchev–Trinajstić information content (AvgIpc) is 2.27. The zero-order valence-electron chi connectivity index (χ0n) is 15.6. The highest BCUT2D eigenvalue weighted by atomic mass is 29.1. The normalized spacial score (nSPS) is 13.3. The maximum atomic E-state index is 2.67. The van der Waals surface area contributed by atoms with Crippen LogP contribution < -0.4 is 0 Å². The molecule has 4 heteroatoms. The molecular weight excluding hydrogens is 276 g/mol. The fourth-order valence-electron chi connectivity index (χ4n) is 3.11. The molecule has 0 aromatic heterocycles. The number of rotatable bonds is 10. The highest BCUT2D eigenvalue weighted by molar-refractivity contribution is 7.03. The van der Waals surface area contributed by atoms with Gasteiger partial charge in [0.25, 0.3) is 0 Å². The fourth-order valence-corrected chi connectivity index (χ4v) is 6.42. The summed E-state index contributed by atoms with van der Waals surface area (Å²) in [5, 5.41) is 0. The van der Waals surface area contributed by atoms with Crippen molar-refractivity contribution in [3.63, 3.8) is 0 Å². The van der Waals surface area contributed by atoms with Crippen LogP contribution in [0.4, 0.5) is 0 Å². The summed E-state index contributed by atoms with van der Waals surface area (Å²) in [6, 6.07) is 5.82. The summed E-state index contributed by atoms with van der Waals surface area (Å²) in [7, 11) is 1.05. The molecule has 0 rings (SSSR count). The van der Waals surface area contributed by atoms with Crippen LogP contribution in [0.25, 0.3) is 0 Å². The van der Waals surface area contributed by atoms with Gasteiger partial charge in [-0.25, -0.2) is 0 Å². The van der Waals surface area contributed by atoms with E-state index < -0.39 is 8.31 Å². The van der Waals surface area contributed by atoms with Gasteiger partial charge in [0.05, 0.1) is 0 Å². The number of hydrogen-bond acceptors (Lipinski definition) is 2. The van der Waals surface area contributed by atoms with Gasteiger partial charge in [-0.2, -0.15) is 0 Å². The Labute approximate surface area is 133 Å². The summed E-state index contributed by atoms with van der Waals surface area (Å²) in [5.74, 6) is 0. The highest BCUT2D eigenvalue weighted by Crippen LogP contribution is 2.11. The molecule has 0 heterocycles. The fraction of sp³-hybridized carbons (Fsp3) is 1.00. The average molecular weight is 317 g/mol. The second-order valence-electron chi connectivity index (χ2n) is 7.53. The molecule has 0 radical (unpaired) electrons. The van der Waals surface area contributed by atoms with Crippen LogP contribution in [0.5, 0.6) is 0 Å². The van der Waals surface area contributed by atoms with Crippen LogP contribution in [0.15, 0.2) is 0 Å². The third kappa shape index (κ3) is 7.96. The predicted molar refractivity (Wildman–Crippen MR) is 101 cm³/mol. The molecule has 0 amide bonds. The SMILES string of the molecule is CC(C)N(CC[SiH]([SiH3])CCN(C(C)C)C(C)C)C(C)C. The zero-order valence-corrected chi connectivity index (χ0v) is 18.8. The van der Waals surface area contributed by atoms with E-state index in [1.807, 2.05) is 0 Å². The molecule has 0 atom stereocenters. The van der Waals surface area contributed by atoms with Crippen LogP contribution in [-0.2, 0) is 0 Å². The van der Waals surface area contributed by atoms with Crippen molar-refractivity contribution in [3.8, 4) is 0 Å². The lowest BCUT2D eigenvalue weighted by molar-refractivity contribution is 0.182. The van der Waals surface area contributed by atoms with E-state index in [-0.39, 0.29) is 0 Å². The Morgan fingerprint density at radius 2 is 0.900 bits per heavy atom. The smallest absolute Gasteiger partial charge is 0.0231 e. The van der Waals surface area contributed by atoms with Gasteiger partial charge in [0.1, 0.15) is 0 Å². The quantitative estimate of drug-likeness (QED) is 0.571. The molecule has 0 spiro atoms. The van der Waals surface area contributed by atoms with Crippen molar-refractivity contribution in [1.29, 1.82) is 0 Å². The largest absolute Gasteiger partial charge is 0.299 e. The molecule has 0 bridgehead atoms. The van der Waals surface area contributed by atoms with E-state index in [9.17, 15) is 0 Å². The summed E-state index contributed by atoms with van der Waals surface area (Å²) in [4.78, 5) is 5.33. The lowest BCUT2D eigenvalue weighted by atomic mass is 10.2. The lowest BCUT2D eigenvalue weighted by Crippen LogP contribution is -2.41. The van der Waals surface area contributed by atoms with E-state index in [2.05, 4.69) is 65.2 Å². The van der Waals surface area contributed by atoms with E-state index in [4.69, 9.17) is 0 Å². The third-order valence-corrected chi connectivity index (χ3v) is 10.4. The standard InChI is InChI=1S/C16H40N2Si2/c1-13(2)17(14(3)4)9-11-20(19)12-10-18(15(5)6)16(7)8/h13-16,20H,9-12H2,1-8,19H3. The Bertz CT molecular complexity index is 203. The van der Waals surface area contributed by atoms with E-state index in [1.165, 1.54) is 34.9 Å². The summed E-state index contributed by atoms with van der Waals surface area (Å²) in [6.07, 6.45) is 0. The Morgan fingerprint density at radius 3 is 1.10 bits per heavy atom. The van der Waals surface area contributed by atoms with Crippen molar-refractivity contribution in [2.45, 2.75) is 91.6 Å². The molecule has 0 saturated carbocycles. The van der Waals surface area contributed by atoms with Gasteiger partial charge in [-0.3, -0.25) is 9.80 Å². The van der Waals surface area contributed by atoms with Gasteiger partial charge in [0.2, 0.25) is 0 Å². The summed E-state index contributed by atoms with van der Waals surface area (Å²) < 4.78 is 0. The van der Waals surface area contributed by atoms with Crippen LogP contribution in [0.2, 0.25) is 12.1 Å². The van der Waals surface area contributed by atoms with Gasteiger partial charge in [-0.05, 0) is 90.3 Å².